The number of benzene rings is 2. The number of hydrogen-bond acceptors (Lipinski definition) is 4. The van der Waals surface area contributed by atoms with Gasteiger partial charge in [0.05, 0.1) is 21.8 Å². The Kier molecular flexibility index (Phi) is 7.82. The van der Waals surface area contributed by atoms with Gasteiger partial charge in [-0.15, -0.1) is 0 Å². The van der Waals surface area contributed by atoms with Crippen molar-refractivity contribution in [3.8, 4) is 0 Å². The van der Waals surface area contributed by atoms with E-state index in [0.717, 1.165) is 37.5 Å². The van der Waals surface area contributed by atoms with E-state index in [1.165, 1.54) is 24.4 Å². The predicted octanol–water partition coefficient (Wildman–Crippen LogP) is 6.83. The van der Waals surface area contributed by atoms with E-state index in [-0.39, 0.29) is 22.9 Å². The number of halogens is 6. The number of rotatable bonds is 7. The van der Waals surface area contributed by atoms with Crippen molar-refractivity contribution < 1.29 is 27.1 Å². The minimum atomic E-state index is -4.79. The highest BCUT2D eigenvalue weighted by Gasteiger charge is 2.46. The van der Waals surface area contributed by atoms with Gasteiger partial charge in [-0.2, -0.15) is 13.2 Å². The van der Waals surface area contributed by atoms with Gasteiger partial charge in [-0.1, -0.05) is 36.9 Å². The second-order valence-corrected chi connectivity index (χ2v) is 9.37. The molecule has 1 aromatic heterocycles. The van der Waals surface area contributed by atoms with Crippen LogP contribution in [0.15, 0.2) is 60.8 Å². The Bertz CT molecular complexity index is 1180. The molecule has 1 heterocycles. The number of aromatic nitrogens is 1. The number of nitrogens with zero attached hydrogens (tertiary/aromatic N) is 1. The second-order valence-electron chi connectivity index (χ2n) is 8.93. The van der Waals surface area contributed by atoms with Gasteiger partial charge in [-0.05, 0) is 72.9 Å². The molecule has 192 valence electrons. The minimum Gasteiger partial charge on any atom is -0.361 e. The van der Waals surface area contributed by atoms with E-state index in [0.29, 0.717) is 23.9 Å². The summed E-state index contributed by atoms with van der Waals surface area (Å²) < 4.78 is 69.5. The van der Waals surface area contributed by atoms with Gasteiger partial charge in [0.2, 0.25) is 0 Å². The van der Waals surface area contributed by atoms with Crippen molar-refractivity contribution in [1.82, 2.24) is 10.3 Å². The van der Waals surface area contributed by atoms with Crippen molar-refractivity contribution in [2.24, 2.45) is 5.92 Å². The Labute approximate surface area is 210 Å². The lowest BCUT2D eigenvalue weighted by Crippen LogP contribution is -2.56. The maximum Gasteiger partial charge on any atom is 0.416 e. The Morgan fingerprint density at radius 1 is 0.917 bits per heavy atom. The van der Waals surface area contributed by atoms with Gasteiger partial charge in [0.25, 0.3) is 0 Å². The third kappa shape index (κ3) is 5.79. The molecule has 2 aromatic carbocycles. The van der Waals surface area contributed by atoms with E-state index in [1.807, 2.05) is 0 Å². The normalized spacial score (nSPS) is 17.4. The molecule has 1 aliphatic carbocycles. The van der Waals surface area contributed by atoms with Crippen LogP contribution in [0, 0.1) is 17.6 Å². The van der Waals surface area contributed by atoms with Gasteiger partial charge in [-0.3, -0.25) is 10.3 Å². The van der Waals surface area contributed by atoms with Crippen LogP contribution in [0.1, 0.15) is 48.9 Å². The Balaban J connectivity index is 1.88. The van der Waals surface area contributed by atoms with E-state index < -0.39 is 35.3 Å². The highest BCUT2D eigenvalue weighted by molar-refractivity contribution is 6.30. The molecule has 0 bridgehead atoms. The monoisotopic (exact) mass is 525 g/mol. The Morgan fingerprint density at radius 3 is 2.28 bits per heavy atom. The molecule has 1 unspecified atom stereocenters. The van der Waals surface area contributed by atoms with Crippen molar-refractivity contribution in [2.75, 3.05) is 5.32 Å². The first-order chi connectivity index (χ1) is 17.1. The van der Waals surface area contributed by atoms with Gasteiger partial charge >= 0.3 is 6.18 Å². The molecule has 0 radical (unpaired) electrons. The molecule has 0 amide bonds. The SMILES string of the molecule is OC(Nc1cccc(F)c1)N[C@](c1cc(F)cc(C(F)(F)F)c1)(c1ccc(Cl)cn1)C1CCCCC1. The van der Waals surface area contributed by atoms with Crippen LogP contribution < -0.4 is 10.6 Å². The zero-order chi connectivity index (χ0) is 25.9. The standard InChI is InChI=1S/C26H25ClF5N3O/c27-19-9-10-23(33-15-19)25(16-5-2-1-3-6-16,17-11-18(26(30,31)32)13-21(29)12-17)35-24(36)34-22-8-4-7-20(28)14-22/h4,7-16,24,34-36H,1-3,5-6H2/t24?,25-/m1/s1. The van der Waals surface area contributed by atoms with Gasteiger partial charge in [0.15, 0.2) is 6.35 Å². The van der Waals surface area contributed by atoms with Crippen molar-refractivity contribution in [1.29, 1.82) is 0 Å². The van der Waals surface area contributed by atoms with Gasteiger partial charge in [-0.25, -0.2) is 8.78 Å². The average molecular weight is 526 g/mol. The largest absolute Gasteiger partial charge is 0.416 e. The highest BCUT2D eigenvalue weighted by atomic mass is 35.5. The molecule has 3 aromatic rings. The van der Waals surface area contributed by atoms with E-state index in [4.69, 9.17) is 11.6 Å². The number of anilines is 1. The quantitative estimate of drug-likeness (QED) is 0.234. The summed E-state index contributed by atoms with van der Waals surface area (Å²) >= 11 is 6.04. The fourth-order valence-corrected chi connectivity index (χ4v) is 5.09. The molecule has 1 aliphatic rings. The lowest BCUT2D eigenvalue weighted by atomic mass is 9.68. The predicted molar refractivity (Wildman–Crippen MR) is 127 cm³/mol. The van der Waals surface area contributed by atoms with Crippen LogP contribution in [-0.2, 0) is 11.7 Å². The molecule has 10 heteroatoms. The Morgan fingerprint density at radius 2 is 1.64 bits per heavy atom. The van der Waals surface area contributed by atoms with Crippen molar-refractivity contribution >= 4 is 17.3 Å². The summed E-state index contributed by atoms with van der Waals surface area (Å²) in [6.45, 7) is 0. The summed E-state index contributed by atoms with van der Waals surface area (Å²) in [5, 5.41) is 17.1. The van der Waals surface area contributed by atoms with Crippen molar-refractivity contribution in [2.45, 2.75) is 50.2 Å². The highest BCUT2D eigenvalue weighted by Crippen LogP contribution is 2.45. The number of hydrogen-bond donors (Lipinski definition) is 3. The number of pyridine rings is 1. The van der Waals surface area contributed by atoms with Gasteiger partial charge in [0, 0.05) is 11.9 Å². The number of nitrogens with one attached hydrogen (secondary N) is 2. The van der Waals surface area contributed by atoms with Crippen LogP contribution in [0.3, 0.4) is 0 Å². The lowest BCUT2D eigenvalue weighted by molar-refractivity contribution is -0.137. The fourth-order valence-electron chi connectivity index (χ4n) is 4.98. The molecule has 3 N–H and O–H groups in total. The lowest BCUT2D eigenvalue weighted by Gasteiger charge is -2.45. The van der Waals surface area contributed by atoms with E-state index in [9.17, 15) is 27.1 Å². The van der Waals surface area contributed by atoms with Crippen molar-refractivity contribution in [3.63, 3.8) is 0 Å². The molecule has 4 nitrogen and oxygen atoms in total. The van der Waals surface area contributed by atoms with E-state index >= 15 is 0 Å². The molecule has 0 aliphatic heterocycles. The minimum absolute atomic E-state index is 0.0309. The van der Waals surface area contributed by atoms with E-state index in [1.54, 1.807) is 12.1 Å². The van der Waals surface area contributed by atoms with Crippen LogP contribution in [0.25, 0.3) is 0 Å². The third-order valence-electron chi connectivity index (χ3n) is 6.52. The van der Waals surface area contributed by atoms with Gasteiger partial charge in [0.1, 0.15) is 11.6 Å². The zero-order valence-electron chi connectivity index (χ0n) is 19.1. The molecule has 36 heavy (non-hydrogen) atoms. The molecule has 4 rings (SSSR count). The summed E-state index contributed by atoms with van der Waals surface area (Å²) in [6, 6.07) is 10.8. The number of aliphatic hydroxyl groups is 1. The second kappa shape index (κ2) is 10.7. The maximum absolute atomic E-state index is 14.7. The van der Waals surface area contributed by atoms with Crippen molar-refractivity contribution in [3.05, 3.63) is 94.3 Å². The topological polar surface area (TPSA) is 57.2 Å². The number of aliphatic hydroxyl groups excluding tert-OH is 1. The fraction of sp³-hybridized carbons (Fsp3) is 0.346. The molecule has 2 atom stereocenters. The van der Waals surface area contributed by atoms with Crippen LogP contribution >= 0.6 is 11.6 Å². The average Bonchev–Trinajstić information content (AvgIpc) is 2.83. The smallest absolute Gasteiger partial charge is 0.361 e. The summed E-state index contributed by atoms with van der Waals surface area (Å²) in [5.41, 5.74) is -2.19. The molecular formula is C26H25ClF5N3O. The van der Waals surface area contributed by atoms with Crippen LogP contribution in [0.4, 0.5) is 27.6 Å². The summed E-state index contributed by atoms with van der Waals surface area (Å²) in [4.78, 5) is 4.40. The van der Waals surface area contributed by atoms with Crippen LogP contribution in [-0.4, -0.2) is 16.4 Å². The maximum atomic E-state index is 14.7. The first-order valence-electron chi connectivity index (χ1n) is 11.6. The van der Waals surface area contributed by atoms with Gasteiger partial charge < -0.3 is 10.4 Å². The zero-order valence-corrected chi connectivity index (χ0v) is 19.9. The molecule has 0 spiro atoms. The molecular weight excluding hydrogens is 501 g/mol. The first kappa shape index (κ1) is 26.3. The summed E-state index contributed by atoms with van der Waals surface area (Å²) in [5.74, 6) is -1.94. The summed E-state index contributed by atoms with van der Waals surface area (Å²) in [6.07, 6.45) is -1.24. The molecule has 0 saturated heterocycles. The van der Waals surface area contributed by atoms with E-state index in [2.05, 4.69) is 15.6 Å². The van der Waals surface area contributed by atoms with Crippen LogP contribution in [0.2, 0.25) is 5.02 Å². The summed E-state index contributed by atoms with van der Waals surface area (Å²) in [7, 11) is 0. The third-order valence-corrected chi connectivity index (χ3v) is 6.75. The molecule has 1 saturated carbocycles. The molecule has 1 fully saturated rings. The Hall–Kier alpha value is -2.75. The first-order valence-corrected chi connectivity index (χ1v) is 11.9. The van der Waals surface area contributed by atoms with Crippen LogP contribution in [0.5, 0.6) is 0 Å². The number of alkyl halides is 3.